The third-order valence-corrected chi connectivity index (χ3v) is 21.0. The van der Waals surface area contributed by atoms with Crippen molar-refractivity contribution in [3.05, 3.63) is 0 Å². The third kappa shape index (κ3) is 72.8. The molecule has 0 aliphatic heterocycles. The first-order valence-corrected chi connectivity index (χ1v) is 44.5. The topological polar surface area (TPSA) is 237 Å². The number of carbonyl (C=O) groups is 4. The summed E-state index contributed by atoms with van der Waals surface area (Å²) >= 11 is 0. The van der Waals surface area contributed by atoms with Gasteiger partial charge in [0.25, 0.3) is 0 Å². The predicted molar refractivity (Wildman–Crippen MR) is 405 cm³/mol. The second kappa shape index (κ2) is 71.7. The minimum absolute atomic E-state index is 0.107. The van der Waals surface area contributed by atoms with Crippen molar-refractivity contribution in [1.29, 1.82) is 0 Å². The van der Waals surface area contributed by atoms with Gasteiger partial charge in [-0.2, -0.15) is 0 Å². The predicted octanol–water partition coefficient (Wildman–Crippen LogP) is 23.9. The Morgan fingerprint density at radius 1 is 0.293 bits per heavy atom. The van der Waals surface area contributed by atoms with Crippen LogP contribution in [0.5, 0.6) is 0 Å². The van der Waals surface area contributed by atoms with Crippen molar-refractivity contribution in [2.75, 3.05) is 39.6 Å². The fourth-order valence-corrected chi connectivity index (χ4v) is 13.9. The minimum Gasteiger partial charge on any atom is -0.462 e. The van der Waals surface area contributed by atoms with Crippen LogP contribution in [0.15, 0.2) is 0 Å². The number of phosphoric ester groups is 2. The molecular formula is C80H156O17P2. The van der Waals surface area contributed by atoms with E-state index in [9.17, 15) is 43.2 Å². The van der Waals surface area contributed by atoms with Crippen LogP contribution < -0.4 is 0 Å². The second-order valence-corrected chi connectivity index (χ2v) is 32.4. The molecule has 0 spiro atoms. The summed E-state index contributed by atoms with van der Waals surface area (Å²) in [5, 5.41) is 10.6. The van der Waals surface area contributed by atoms with E-state index in [1.54, 1.807) is 0 Å². The fourth-order valence-electron chi connectivity index (χ4n) is 12.3. The molecule has 0 aliphatic carbocycles. The van der Waals surface area contributed by atoms with Crippen LogP contribution in [0, 0.1) is 11.8 Å². The summed E-state index contributed by atoms with van der Waals surface area (Å²) in [7, 11) is -9.92. The highest BCUT2D eigenvalue weighted by molar-refractivity contribution is 7.47. The molecule has 0 bridgehead atoms. The molecule has 0 radical (unpaired) electrons. The average molecular weight is 1450 g/mol. The van der Waals surface area contributed by atoms with Gasteiger partial charge >= 0.3 is 39.5 Å². The number of hydrogen-bond acceptors (Lipinski definition) is 15. The Kier molecular flexibility index (Phi) is 70.3. The van der Waals surface area contributed by atoms with Crippen LogP contribution in [-0.4, -0.2) is 96.7 Å². The summed E-state index contributed by atoms with van der Waals surface area (Å²) in [6.07, 6.45) is 60.9. The molecule has 0 rings (SSSR count). The van der Waals surface area contributed by atoms with Gasteiger partial charge in [0.15, 0.2) is 12.2 Å². The number of rotatable bonds is 79. The first-order valence-electron chi connectivity index (χ1n) is 41.5. The van der Waals surface area contributed by atoms with Crippen molar-refractivity contribution in [3.63, 3.8) is 0 Å². The van der Waals surface area contributed by atoms with Crippen molar-refractivity contribution in [3.8, 4) is 0 Å². The number of esters is 4. The van der Waals surface area contributed by atoms with E-state index in [4.69, 9.17) is 37.0 Å². The van der Waals surface area contributed by atoms with Gasteiger partial charge in [-0.25, -0.2) is 9.13 Å². The molecule has 0 heterocycles. The largest absolute Gasteiger partial charge is 0.472 e. The molecule has 0 aliphatic rings. The number of phosphoric acid groups is 2. The zero-order valence-electron chi connectivity index (χ0n) is 64.8. The van der Waals surface area contributed by atoms with Gasteiger partial charge in [-0.15, -0.1) is 0 Å². The molecule has 0 amide bonds. The van der Waals surface area contributed by atoms with Gasteiger partial charge in [-0.3, -0.25) is 37.3 Å². The molecule has 19 heteroatoms. The molecule has 588 valence electrons. The van der Waals surface area contributed by atoms with Crippen LogP contribution in [0.1, 0.15) is 420 Å². The normalized spacial score (nSPS) is 14.2. The Morgan fingerprint density at radius 3 is 0.768 bits per heavy atom. The summed E-state index contributed by atoms with van der Waals surface area (Å²) in [5.41, 5.74) is 0. The van der Waals surface area contributed by atoms with E-state index < -0.39 is 97.5 Å². The fraction of sp³-hybridized carbons (Fsp3) is 0.950. The summed E-state index contributed by atoms with van der Waals surface area (Å²) in [6.45, 7) is 9.67. The first kappa shape index (κ1) is 97.1. The molecule has 0 aromatic carbocycles. The van der Waals surface area contributed by atoms with Gasteiger partial charge in [0.2, 0.25) is 0 Å². The maximum absolute atomic E-state index is 13.1. The van der Waals surface area contributed by atoms with Gasteiger partial charge in [-0.1, -0.05) is 369 Å². The first-order chi connectivity index (χ1) is 47.9. The Bertz CT molecular complexity index is 1910. The highest BCUT2D eigenvalue weighted by Crippen LogP contribution is 2.45. The van der Waals surface area contributed by atoms with Crippen LogP contribution in [0.2, 0.25) is 0 Å². The number of unbranched alkanes of at least 4 members (excludes halogenated alkanes) is 48. The monoisotopic (exact) mass is 1450 g/mol. The van der Waals surface area contributed by atoms with Crippen LogP contribution >= 0.6 is 15.6 Å². The van der Waals surface area contributed by atoms with E-state index in [1.807, 2.05) is 0 Å². The number of ether oxygens (including phenoxy) is 4. The molecule has 0 fully saturated rings. The van der Waals surface area contributed by atoms with Crippen LogP contribution in [-0.2, 0) is 65.4 Å². The number of aliphatic hydroxyl groups excluding tert-OH is 1. The van der Waals surface area contributed by atoms with Gasteiger partial charge < -0.3 is 33.8 Å². The molecular weight excluding hydrogens is 1290 g/mol. The number of aliphatic hydroxyl groups is 1. The molecule has 99 heavy (non-hydrogen) atoms. The van der Waals surface area contributed by atoms with E-state index >= 15 is 0 Å². The van der Waals surface area contributed by atoms with E-state index in [1.165, 1.54) is 238 Å². The van der Waals surface area contributed by atoms with E-state index in [2.05, 4.69) is 41.5 Å². The summed E-state index contributed by atoms with van der Waals surface area (Å²) in [5.74, 6) is -0.503. The van der Waals surface area contributed by atoms with E-state index in [-0.39, 0.29) is 25.7 Å². The smallest absolute Gasteiger partial charge is 0.462 e. The average Bonchev–Trinajstić information content (AvgIpc) is 1.07. The molecule has 3 N–H and O–H groups in total. The Hall–Kier alpha value is -1.94. The van der Waals surface area contributed by atoms with Crippen molar-refractivity contribution in [1.82, 2.24) is 0 Å². The van der Waals surface area contributed by atoms with E-state index in [0.29, 0.717) is 25.7 Å². The lowest BCUT2D eigenvalue weighted by atomic mass is 9.99. The molecule has 0 saturated heterocycles. The highest BCUT2D eigenvalue weighted by Gasteiger charge is 2.30. The summed E-state index contributed by atoms with van der Waals surface area (Å²) in [4.78, 5) is 73.0. The van der Waals surface area contributed by atoms with Gasteiger partial charge in [0.05, 0.1) is 26.4 Å². The lowest BCUT2D eigenvalue weighted by Gasteiger charge is -2.21. The van der Waals surface area contributed by atoms with Crippen molar-refractivity contribution < 1.29 is 80.2 Å². The minimum atomic E-state index is -4.96. The zero-order chi connectivity index (χ0) is 72.8. The maximum atomic E-state index is 13.1. The lowest BCUT2D eigenvalue weighted by Crippen LogP contribution is -2.30. The molecule has 3 unspecified atom stereocenters. The van der Waals surface area contributed by atoms with Crippen molar-refractivity contribution in [2.45, 2.75) is 439 Å². The molecule has 0 aromatic rings. The lowest BCUT2D eigenvalue weighted by molar-refractivity contribution is -0.161. The quantitative estimate of drug-likeness (QED) is 0.0222. The van der Waals surface area contributed by atoms with Gasteiger partial charge in [0, 0.05) is 25.7 Å². The molecule has 6 atom stereocenters. The highest BCUT2D eigenvalue weighted by atomic mass is 31.2. The van der Waals surface area contributed by atoms with Gasteiger partial charge in [0.1, 0.15) is 19.3 Å². The standard InChI is InChI=1S/C80H156O17P2/c1-7-10-12-14-16-18-20-21-22-23-26-29-32-39-45-51-57-63-78(83)91-69-76(96-79(84)64-58-52-46-40-33-30-27-24-25-28-31-36-42-48-54-60-72(4)5)71-95-99(88,89)93-67-74(81)66-92-98(86,87)94-70-75(68-90-77(82)62-56-50-44-38-19-17-15-13-11-8-2)97-80(85)65-59-53-47-41-35-34-37-43-49-55-61-73(6)9-3/h72-76,81H,7-71H2,1-6H3,(H,86,87)(H,88,89)/t73?,74-,75+,76+/m0/s1. The van der Waals surface area contributed by atoms with Crippen LogP contribution in [0.3, 0.4) is 0 Å². The van der Waals surface area contributed by atoms with Crippen LogP contribution in [0.4, 0.5) is 0 Å². The Morgan fingerprint density at radius 2 is 0.515 bits per heavy atom. The zero-order valence-corrected chi connectivity index (χ0v) is 66.6. The van der Waals surface area contributed by atoms with Crippen molar-refractivity contribution >= 4 is 39.5 Å². The molecule has 0 saturated carbocycles. The summed E-state index contributed by atoms with van der Waals surface area (Å²) < 4.78 is 68.7. The molecule has 0 aromatic heterocycles. The third-order valence-electron chi connectivity index (χ3n) is 19.1. The SMILES string of the molecule is CCCCCCCCCCCCCCCCCCCC(=O)OC[C@H](COP(=O)(O)OC[C@@H](O)COP(=O)(O)OC[C@@H](COC(=O)CCCCCCCCCCCC)OC(=O)CCCCCCCCCCCCC(C)CC)OC(=O)CCCCCCCCCCCCCCCCCC(C)C. The van der Waals surface area contributed by atoms with Gasteiger partial charge in [-0.05, 0) is 37.5 Å². The Labute approximate surface area is 607 Å². The van der Waals surface area contributed by atoms with E-state index in [0.717, 1.165) is 102 Å². The second-order valence-electron chi connectivity index (χ2n) is 29.5. The Balaban J connectivity index is 5.24. The number of hydrogen-bond donors (Lipinski definition) is 3. The van der Waals surface area contributed by atoms with Crippen molar-refractivity contribution in [2.24, 2.45) is 11.8 Å². The summed E-state index contributed by atoms with van der Waals surface area (Å²) in [6, 6.07) is 0. The maximum Gasteiger partial charge on any atom is 0.472 e. The number of carbonyl (C=O) groups excluding carboxylic acids is 4. The van der Waals surface area contributed by atoms with Crippen LogP contribution in [0.25, 0.3) is 0 Å². The molecule has 17 nitrogen and oxygen atoms in total.